The molecule has 3 heterocycles. The van der Waals surface area contributed by atoms with Crippen molar-refractivity contribution in [2.24, 2.45) is 5.92 Å². The van der Waals surface area contributed by atoms with E-state index in [4.69, 9.17) is 0 Å². The molecule has 0 spiro atoms. The number of likely N-dealkylation sites (tertiary alicyclic amines) is 1. The maximum absolute atomic E-state index is 12.7. The maximum atomic E-state index is 12.7. The summed E-state index contributed by atoms with van der Waals surface area (Å²) in [6, 6.07) is 11.4. The third kappa shape index (κ3) is 3.89. The van der Waals surface area contributed by atoms with Crippen molar-refractivity contribution in [3.63, 3.8) is 0 Å². The van der Waals surface area contributed by atoms with E-state index >= 15 is 0 Å². The summed E-state index contributed by atoms with van der Waals surface area (Å²) in [5.74, 6) is -0.0975. The van der Waals surface area contributed by atoms with E-state index in [0.717, 1.165) is 26.6 Å². The molecule has 1 aromatic carbocycles. The van der Waals surface area contributed by atoms with Crippen LogP contribution in [-0.2, 0) is 16.1 Å². The maximum Gasteiger partial charge on any atom is 0.229 e. The van der Waals surface area contributed by atoms with Crippen LogP contribution >= 0.6 is 11.3 Å². The van der Waals surface area contributed by atoms with Crippen LogP contribution in [0.2, 0.25) is 0 Å². The molecule has 7 heteroatoms. The average molecular weight is 395 g/mol. The lowest BCUT2D eigenvalue weighted by molar-refractivity contribution is -0.128. The molecule has 1 fully saturated rings. The van der Waals surface area contributed by atoms with Gasteiger partial charge in [-0.1, -0.05) is 19.9 Å². The first-order valence-electron chi connectivity index (χ1n) is 9.38. The number of fused-ring (bicyclic) bond motifs is 1. The molecule has 2 amide bonds. The van der Waals surface area contributed by atoms with E-state index in [1.54, 1.807) is 22.4 Å². The Bertz CT molecular complexity index is 1020. The monoisotopic (exact) mass is 394 g/mol. The fourth-order valence-electron chi connectivity index (χ4n) is 3.30. The topological polar surface area (TPSA) is 75.2 Å². The number of nitrogens with one attached hydrogen (secondary N) is 1. The SMILES string of the molecule is CC(C)c1nc2ccc(NC(=O)C3CC(=O)N(Cc4ccccn4)C3)cc2s1. The summed E-state index contributed by atoms with van der Waals surface area (Å²) in [4.78, 5) is 35.6. The number of benzene rings is 1. The van der Waals surface area contributed by atoms with Crippen molar-refractivity contribution in [3.05, 3.63) is 53.3 Å². The number of thiazole rings is 1. The van der Waals surface area contributed by atoms with E-state index < -0.39 is 0 Å². The highest BCUT2D eigenvalue weighted by atomic mass is 32.1. The molecule has 0 radical (unpaired) electrons. The Hall–Kier alpha value is -2.80. The number of anilines is 1. The first kappa shape index (κ1) is 18.6. The van der Waals surface area contributed by atoms with Gasteiger partial charge in [-0.3, -0.25) is 14.6 Å². The van der Waals surface area contributed by atoms with Gasteiger partial charge in [0, 0.05) is 30.8 Å². The van der Waals surface area contributed by atoms with Crippen molar-refractivity contribution in [1.29, 1.82) is 0 Å². The quantitative estimate of drug-likeness (QED) is 0.714. The van der Waals surface area contributed by atoms with Crippen molar-refractivity contribution in [3.8, 4) is 0 Å². The average Bonchev–Trinajstić information content (AvgIpc) is 3.26. The molecule has 144 valence electrons. The predicted octanol–water partition coefficient (Wildman–Crippen LogP) is 3.80. The van der Waals surface area contributed by atoms with Crippen LogP contribution in [-0.4, -0.2) is 33.2 Å². The molecule has 1 unspecified atom stereocenters. The second kappa shape index (κ2) is 7.67. The molecule has 1 aliphatic rings. The summed E-state index contributed by atoms with van der Waals surface area (Å²) < 4.78 is 1.06. The van der Waals surface area contributed by atoms with Crippen LogP contribution in [0.25, 0.3) is 10.2 Å². The lowest BCUT2D eigenvalue weighted by Crippen LogP contribution is -2.28. The summed E-state index contributed by atoms with van der Waals surface area (Å²) in [6.45, 7) is 5.10. The first-order valence-corrected chi connectivity index (χ1v) is 10.2. The van der Waals surface area contributed by atoms with Crippen LogP contribution < -0.4 is 5.32 Å². The van der Waals surface area contributed by atoms with E-state index in [1.165, 1.54) is 0 Å². The molecule has 1 atom stereocenters. The highest BCUT2D eigenvalue weighted by molar-refractivity contribution is 7.18. The Morgan fingerprint density at radius 2 is 2.18 bits per heavy atom. The summed E-state index contributed by atoms with van der Waals surface area (Å²) in [7, 11) is 0. The zero-order valence-electron chi connectivity index (χ0n) is 15.9. The van der Waals surface area contributed by atoms with Crippen molar-refractivity contribution in [2.45, 2.75) is 32.7 Å². The van der Waals surface area contributed by atoms with Crippen LogP contribution in [0.5, 0.6) is 0 Å². The van der Waals surface area contributed by atoms with Crippen LogP contribution in [0.1, 0.15) is 36.9 Å². The van der Waals surface area contributed by atoms with Crippen LogP contribution in [0.15, 0.2) is 42.6 Å². The Morgan fingerprint density at radius 1 is 1.32 bits per heavy atom. The van der Waals surface area contributed by atoms with E-state index in [9.17, 15) is 9.59 Å². The minimum atomic E-state index is -0.348. The largest absolute Gasteiger partial charge is 0.336 e. The Morgan fingerprint density at radius 3 is 2.93 bits per heavy atom. The van der Waals surface area contributed by atoms with Crippen molar-refractivity contribution < 1.29 is 9.59 Å². The second-order valence-electron chi connectivity index (χ2n) is 7.37. The zero-order valence-corrected chi connectivity index (χ0v) is 16.7. The lowest BCUT2D eigenvalue weighted by atomic mass is 10.1. The number of hydrogen-bond acceptors (Lipinski definition) is 5. The van der Waals surface area contributed by atoms with Gasteiger partial charge in [-0.2, -0.15) is 0 Å². The lowest BCUT2D eigenvalue weighted by Gasteiger charge is -2.16. The van der Waals surface area contributed by atoms with Crippen molar-refractivity contribution in [2.75, 3.05) is 11.9 Å². The van der Waals surface area contributed by atoms with Gasteiger partial charge in [-0.15, -0.1) is 11.3 Å². The third-order valence-electron chi connectivity index (χ3n) is 4.83. The van der Waals surface area contributed by atoms with Gasteiger partial charge in [0.1, 0.15) is 0 Å². The number of hydrogen-bond donors (Lipinski definition) is 1. The van der Waals surface area contributed by atoms with Gasteiger partial charge in [0.15, 0.2) is 0 Å². The summed E-state index contributed by atoms with van der Waals surface area (Å²) in [5.41, 5.74) is 2.52. The van der Waals surface area contributed by atoms with Crippen molar-refractivity contribution in [1.82, 2.24) is 14.9 Å². The Kier molecular flexibility index (Phi) is 5.09. The molecule has 0 bridgehead atoms. The van der Waals surface area contributed by atoms with Crippen LogP contribution in [0.4, 0.5) is 5.69 Å². The smallest absolute Gasteiger partial charge is 0.229 e. The Balaban J connectivity index is 1.42. The molecule has 1 N–H and O–H groups in total. The zero-order chi connectivity index (χ0) is 19.7. The van der Waals surface area contributed by atoms with Crippen LogP contribution in [0.3, 0.4) is 0 Å². The standard InChI is InChI=1S/C21H22N4O2S/c1-13(2)21-24-17-7-6-15(10-18(17)28-21)23-20(27)14-9-19(26)25(11-14)12-16-5-3-4-8-22-16/h3-8,10,13-14H,9,11-12H2,1-2H3,(H,23,27). The molecule has 28 heavy (non-hydrogen) atoms. The first-order chi connectivity index (χ1) is 13.5. The number of amides is 2. The fraction of sp³-hybridized carbons (Fsp3) is 0.333. The van der Waals surface area contributed by atoms with Gasteiger partial charge < -0.3 is 10.2 Å². The van der Waals surface area contributed by atoms with Gasteiger partial charge in [-0.05, 0) is 30.3 Å². The van der Waals surface area contributed by atoms with Crippen LogP contribution in [0, 0.1) is 5.92 Å². The number of carbonyl (C=O) groups is 2. The molecular formula is C21H22N4O2S. The predicted molar refractivity (Wildman–Crippen MR) is 110 cm³/mol. The van der Waals surface area contributed by atoms with E-state index in [2.05, 4.69) is 29.1 Å². The minimum Gasteiger partial charge on any atom is -0.336 e. The number of aromatic nitrogens is 2. The minimum absolute atomic E-state index is 0.00899. The molecule has 1 aliphatic heterocycles. The number of carbonyl (C=O) groups excluding carboxylic acids is 2. The molecule has 0 saturated carbocycles. The van der Waals surface area contributed by atoms with E-state index in [0.29, 0.717) is 19.0 Å². The summed E-state index contributed by atoms with van der Waals surface area (Å²) in [6.07, 6.45) is 1.94. The fourth-order valence-corrected chi connectivity index (χ4v) is 4.31. The van der Waals surface area contributed by atoms with Crippen molar-refractivity contribution >= 4 is 39.1 Å². The summed E-state index contributed by atoms with van der Waals surface area (Å²) in [5, 5.41) is 4.05. The normalized spacial score (nSPS) is 16.9. The highest BCUT2D eigenvalue weighted by Gasteiger charge is 2.34. The Labute approximate surface area is 167 Å². The second-order valence-corrected chi connectivity index (χ2v) is 8.44. The highest BCUT2D eigenvalue weighted by Crippen LogP contribution is 2.30. The molecule has 2 aromatic heterocycles. The van der Waals surface area contributed by atoms with Gasteiger partial charge in [0.05, 0.1) is 33.4 Å². The van der Waals surface area contributed by atoms with Gasteiger partial charge in [0.2, 0.25) is 11.8 Å². The molecule has 6 nitrogen and oxygen atoms in total. The molecule has 1 saturated heterocycles. The molecule has 4 rings (SSSR count). The molecule has 3 aromatic rings. The van der Waals surface area contributed by atoms with Gasteiger partial charge in [0.25, 0.3) is 0 Å². The number of rotatable bonds is 5. The number of pyridine rings is 1. The molecular weight excluding hydrogens is 372 g/mol. The van der Waals surface area contributed by atoms with Gasteiger partial charge in [-0.25, -0.2) is 4.98 Å². The van der Waals surface area contributed by atoms with Gasteiger partial charge >= 0.3 is 0 Å². The van der Waals surface area contributed by atoms with E-state index in [1.807, 2.05) is 36.4 Å². The molecule has 0 aliphatic carbocycles. The summed E-state index contributed by atoms with van der Waals surface area (Å²) >= 11 is 1.65. The van der Waals surface area contributed by atoms with E-state index in [-0.39, 0.29) is 24.2 Å². The number of nitrogens with zero attached hydrogens (tertiary/aromatic N) is 3. The third-order valence-corrected chi connectivity index (χ3v) is 6.15.